The number of halogens is 2. The number of nitrogens with two attached hydrogens (primary N) is 1. The first kappa shape index (κ1) is 19.0. The summed E-state index contributed by atoms with van der Waals surface area (Å²) < 4.78 is 37.9. The molecule has 0 aromatic heterocycles. The maximum atomic E-state index is 12.1. The Hall–Kier alpha value is -1.38. The first-order chi connectivity index (χ1) is 11.2. The van der Waals surface area contributed by atoms with Gasteiger partial charge in [0.25, 0.3) is 0 Å². The molecule has 0 spiro atoms. The van der Waals surface area contributed by atoms with Crippen molar-refractivity contribution >= 4 is 56.0 Å². The topological polar surface area (TPSA) is 89.3 Å². The van der Waals surface area contributed by atoms with Crippen LogP contribution in [0, 0.1) is 6.92 Å². The standard InChI is InChI=1S/C15H14Cl2N2O3S2/c1-10-2-5-15(24(18,21)22)14(8-10)19-23(20)7-6-11-3-4-12(16)13(17)9-11/h2-9,19H,1H3,(H2,18,21,22)/b7-6+. The molecule has 0 amide bonds. The van der Waals surface area contributed by atoms with Gasteiger partial charge in [-0.2, -0.15) is 0 Å². The molecule has 128 valence electrons. The summed E-state index contributed by atoms with van der Waals surface area (Å²) in [5.41, 5.74) is 1.68. The van der Waals surface area contributed by atoms with Gasteiger partial charge in [0.05, 0.1) is 15.7 Å². The van der Waals surface area contributed by atoms with Crippen molar-refractivity contribution in [1.29, 1.82) is 0 Å². The van der Waals surface area contributed by atoms with Crippen molar-refractivity contribution in [3.63, 3.8) is 0 Å². The molecular weight excluding hydrogens is 391 g/mol. The zero-order valence-corrected chi connectivity index (χ0v) is 15.6. The summed E-state index contributed by atoms with van der Waals surface area (Å²) in [7, 11) is -5.59. The van der Waals surface area contributed by atoms with Gasteiger partial charge in [-0.05, 0) is 48.4 Å². The molecular formula is C15H14Cl2N2O3S2. The van der Waals surface area contributed by atoms with Crippen LogP contribution in [-0.2, 0) is 21.0 Å². The van der Waals surface area contributed by atoms with Crippen molar-refractivity contribution in [1.82, 2.24) is 0 Å². The van der Waals surface area contributed by atoms with Crippen molar-refractivity contribution < 1.29 is 12.6 Å². The molecule has 0 aliphatic heterocycles. The normalized spacial score (nSPS) is 13.2. The Morgan fingerprint density at radius 1 is 1.12 bits per heavy atom. The van der Waals surface area contributed by atoms with E-state index in [1.165, 1.54) is 11.5 Å². The quantitative estimate of drug-likeness (QED) is 0.795. The van der Waals surface area contributed by atoms with E-state index in [9.17, 15) is 12.6 Å². The van der Waals surface area contributed by atoms with Crippen molar-refractivity contribution in [3.8, 4) is 0 Å². The molecule has 1 atom stereocenters. The molecule has 0 aliphatic carbocycles. The number of sulfonamides is 1. The molecule has 0 saturated heterocycles. The average Bonchev–Trinajstić information content (AvgIpc) is 2.47. The van der Waals surface area contributed by atoms with Crippen LogP contribution in [-0.4, -0.2) is 12.6 Å². The minimum absolute atomic E-state index is 0.121. The van der Waals surface area contributed by atoms with Gasteiger partial charge in [0, 0.05) is 5.41 Å². The molecule has 2 aromatic carbocycles. The highest BCUT2D eigenvalue weighted by atomic mass is 35.5. The lowest BCUT2D eigenvalue weighted by Gasteiger charge is -2.09. The van der Waals surface area contributed by atoms with Crippen molar-refractivity contribution in [2.75, 3.05) is 4.72 Å². The van der Waals surface area contributed by atoms with Gasteiger partial charge in [-0.15, -0.1) is 0 Å². The summed E-state index contributed by atoms with van der Waals surface area (Å²) in [4.78, 5) is -0.121. The highest BCUT2D eigenvalue weighted by molar-refractivity contribution is 7.90. The van der Waals surface area contributed by atoms with Gasteiger partial charge in [-0.25, -0.2) is 17.8 Å². The molecule has 0 saturated carbocycles. The van der Waals surface area contributed by atoms with Crippen LogP contribution < -0.4 is 9.86 Å². The maximum absolute atomic E-state index is 12.1. The molecule has 9 heteroatoms. The third kappa shape index (κ3) is 5.06. The Morgan fingerprint density at radius 3 is 2.46 bits per heavy atom. The number of anilines is 1. The largest absolute Gasteiger partial charge is 0.300 e. The minimum Gasteiger partial charge on any atom is -0.300 e. The lowest BCUT2D eigenvalue weighted by molar-refractivity contribution is 0.598. The van der Waals surface area contributed by atoms with Crippen molar-refractivity contribution in [2.45, 2.75) is 11.8 Å². The highest BCUT2D eigenvalue weighted by Crippen LogP contribution is 2.24. The van der Waals surface area contributed by atoms with E-state index in [-0.39, 0.29) is 10.6 Å². The van der Waals surface area contributed by atoms with Crippen LogP contribution in [0.3, 0.4) is 0 Å². The fourth-order valence-corrected chi connectivity index (χ4v) is 3.65. The molecule has 0 bridgehead atoms. The molecule has 3 N–H and O–H groups in total. The minimum atomic E-state index is -3.93. The van der Waals surface area contributed by atoms with Crippen molar-refractivity contribution in [2.24, 2.45) is 5.14 Å². The Balaban J connectivity index is 2.22. The van der Waals surface area contributed by atoms with Crippen LogP contribution in [0.2, 0.25) is 10.0 Å². The second kappa shape index (κ2) is 7.67. The van der Waals surface area contributed by atoms with E-state index in [1.807, 2.05) is 0 Å². The number of nitrogens with one attached hydrogen (secondary N) is 1. The smallest absolute Gasteiger partial charge is 0.240 e. The number of aryl methyl sites for hydroxylation is 1. The molecule has 2 rings (SSSR count). The zero-order chi connectivity index (χ0) is 17.9. The monoisotopic (exact) mass is 404 g/mol. The zero-order valence-electron chi connectivity index (χ0n) is 12.5. The highest BCUT2D eigenvalue weighted by Gasteiger charge is 2.14. The van der Waals surface area contributed by atoms with Gasteiger partial charge < -0.3 is 4.72 Å². The van der Waals surface area contributed by atoms with E-state index in [1.54, 1.807) is 43.3 Å². The number of hydrogen-bond acceptors (Lipinski definition) is 3. The molecule has 2 aromatic rings. The van der Waals surface area contributed by atoms with Crippen LogP contribution in [0.25, 0.3) is 6.08 Å². The molecule has 0 aliphatic rings. The number of primary sulfonamides is 1. The SMILES string of the molecule is Cc1ccc(S(N)(=O)=O)c(NS(=O)/C=C/c2ccc(Cl)c(Cl)c2)c1. The molecule has 0 heterocycles. The predicted molar refractivity (Wildman–Crippen MR) is 99.8 cm³/mol. The third-order valence-corrected chi connectivity index (χ3v) is 5.49. The van der Waals surface area contributed by atoms with Crippen molar-refractivity contribution in [3.05, 3.63) is 63.0 Å². The van der Waals surface area contributed by atoms with Gasteiger partial charge in [0.1, 0.15) is 15.9 Å². The second-order valence-corrected chi connectivity index (χ2v) is 8.34. The van der Waals surface area contributed by atoms with Crippen LogP contribution in [0.5, 0.6) is 0 Å². The lowest BCUT2D eigenvalue weighted by Crippen LogP contribution is -2.15. The van der Waals surface area contributed by atoms with Gasteiger partial charge in [0.15, 0.2) is 0 Å². The van der Waals surface area contributed by atoms with Gasteiger partial charge in [0.2, 0.25) is 10.0 Å². The summed E-state index contributed by atoms with van der Waals surface area (Å²) in [6.45, 7) is 1.78. The van der Waals surface area contributed by atoms with Crippen LogP contribution in [0.15, 0.2) is 46.7 Å². The predicted octanol–water partition coefficient (Wildman–Crippen LogP) is 3.70. The first-order valence-corrected chi connectivity index (χ1v) is 10.1. The van der Waals surface area contributed by atoms with Crippen LogP contribution in [0.1, 0.15) is 11.1 Å². The molecule has 0 fully saturated rings. The summed E-state index contributed by atoms with van der Waals surface area (Å²) in [5.74, 6) is 0. The van der Waals surface area contributed by atoms with Gasteiger partial charge in [-0.3, -0.25) is 0 Å². The van der Waals surface area contributed by atoms with Crippen LogP contribution in [0.4, 0.5) is 5.69 Å². The van der Waals surface area contributed by atoms with E-state index in [2.05, 4.69) is 4.72 Å². The molecule has 5 nitrogen and oxygen atoms in total. The third-order valence-electron chi connectivity index (χ3n) is 2.98. The summed E-state index contributed by atoms with van der Waals surface area (Å²) in [6.07, 6.45) is 1.58. The lowest BCUT2D eigenvalue weighted by atomic mass is 10.2. The fraction of sp³-hybridized carbons (Fsp3) is 0.0667. The van der Waals surface area contributed by atoms with Crippen LogP contribution >= 0.6 is 23.2 Å². The van der Waals surface area contributed by atoms with E-state index in [4.69, 9.17) is 28.3 Å². The molecule has 24 heavy (non-hydrogen) atoms. The molecule has 1 unspecified atom stereocenters. The Morgan fingerprint density at radius 2 is 1.83 bits per heavy atom. The second-order valence-electron chi connectivity index (χ2n) is 4.92. The first-order valence-electron chi connectivity index (χ1n) is 6.61. The Bertz CT molecular complexity index is 928. The van der Waals surface area contributed by atoms with E-state index in [0.29, 0.717) is 15.6 Å². The Kier molecular flexibility index (Phi) is 6.06. The van der Waals surface area contributed by atoms with Gasteiger partial charge in [-0.1, -0.05) is 35.3 Å². The maximum Gasteiger partial charge on any atom is 0.240 e. The average molecular weight is 405 g/mol. The van der Waals surface area contributed by atoms with E-state index < -0.39 is 21.0 Å². The Labute approximate surface area is 153 Å². The fourth-order valence-electron chi connectivity index (χ4n) is 1.87. The summed E-state index contributed by atoms with van der Waals surface area (Å²) >= 11 is 11.7. The van der Waals surface area contributed by atoms with Gasteiger partial charge >= 0.3 is 0 Å². The summed E-state index contributed by atoms with van der Waals surface area (Å²) in [6, 6.07) is 9.50. The number of rotatable bonds is 5. The summed E-state index contributed by atoms with van der Waals surface area (Å²) in [5, 5.41) is 7.34. The number of hydrogen-bond donors (Lipinski definition) is 2. The van der Waals surface area contributed by atoms with E-state index in [0.717, 1.165) is 5.56 Å². The number of benzene rings is 2. The van der Waals surface area contributed by atoms with E-state index >= 15 is 0 Å². The molecule has 0 radical (unpaired) electrons.